The average Bonchev–Trinajstić information content (AvgIpc) is 3.62. The first-order valence-electron chi connectivity index (χ1n) is 13.8. The normalized spacial score (nSPS) is 17.3. The molecule has 0 radical (unpaired) electrons. The molecule has 6 rings (SSSR count). The maximum atomic E-state index is 13.1. The minimum absolute atomic E-state index is 0. The third-order valence-corrected chi connectivity index (χ3v) is 7.73. The van der Waals surface area contributed by atoms with Crippen LogP contribution in [0.1, 0.15) is 57.8 Å². The summed E-state index contributed by atoms with van der Waals surface area (Å²) in [7, 11) is 1.48. The zero-order valence-corrected chi connectivity index (χ0v) is 29.4. The first kappa shape index (κ1) is 34.6. The topological polar surface area (TPSA) is 139 Å². The summed E-state index contributed by atoms with van der Waals surface area (Å²) in [4.78, 5) is 28.9. The fraction of sp³-hybridized carbons (Fsp3) is 0.242. The molecule has 1 aliphatic carbocycles. The number of carbonyl (C=O) groups excluding carboxylic acids is 2. The van der Waals surface area contributed by atoms with Crippen molar-refractivity contribution in [1.82, 2.24) is 4.98 Å². The fourth-order valence-corrected chi connectivity index (χ4v) is 5.86. The van der Waals surface area contributed by atoms with Gasteiger partial charge in [0.25, 0.3) is 0 Å². The van der Waals surface area contributed by atoms with Crippen molar-refractivity contribution in [2.75, 3.05) is 20.5 Å². The van der Waals surface area contributed by atoms with Gasteiger partial charge in [-0.2, -0.15) is 0 Å². The number of hydrogen-bond acceptors (Lipinski definition) is 10. The second kappa shape index (κ2) is 14.9. The molecule has 1 aromatic heterocycles. The number of methoxy groups -OCH3 is 1. The summed E-state index contributed by atoms with van der Waals surface area (Å²) >= 11 is 0. The molecule has 3 aromatic carbocycles. The van der Waals surface area contributed by atoms with Gasteiger partial charge in [0.15, 0.2) is 17.2 Å². The summed E-state index contributed by atoms with van der Waals surface area (Å²) in [6.45, 7) is 2.57. The van der Waals surface area contributed by atoms with E-state index in [4.69, 9.17) is 23.7 Å². The van der Waals surface area contributed by atoms with Crippen LogP contribution in [-0.2, 0) is 4.79 Å². The van der Waals surface area contributed by atoms with Gasteiger partial charge in [0.1, 0.15) is 17.2 Å². The van der Waals surface area contributed by atoms with Crippen LogP contribution >= 0.6 is 0 Å². The molecule has 1 aliphatic heterocycles. The van der Waals surface area contributed by atoms with Crippen molar-refractivity contribution in [3.63, 3.8) is 0 Å². The van der Waals surface area contributed by atoms with Crippen LogP contribution in [0.4, 0.5) is 0 Å². The number of aliphatic carboxylic acids is 1. The van der Waals surface area contributed by atoms with Crippen LogP contribution < -0.4 is 93.0 Å². The quantitative estimate of drug-likeness (QED) is 0.172. The van der Waals surface area contributed by atoms with Gasteiger partial charge >= 0.3 is 59.1 Å². The SMILES string of the molecule is CCCOc1ccc2c(c1)C(c1ccc(OC)cc1Oc1cnccc1C(=O)[O-])C(C(=O)[O-])C2c1ccc2c(c1)OCO2.[Na+].[Na+]. The van der Waals surface area contributed by atoms with Crippen LogP contribution in [0.5, 0.6) is 34.5 Å². The monoisotopic (exact) mass is 627 g/mol. The van der Waals surface area contributed by atoms with E-state index in [2.05, 4.69) is 4.98 Å². The van der Waals surface area contributed by atoms with E-state index in [9.17, 15) is 19.8 Å². The van der Waals surface area contributed by atoms with E-state index in [0.717, 1.165) is 12.0 Å². The molecule has 2 aliphatic rings. The molecule has 0 N–H and O–H groups in total. The molecule has 0 spiro atoms. The molecule has 12 heteroatoms. The Labute approximate surface area is 304 Å². The predicted octanol–water partition coefficient (Wildman–Crippen LogP) is -2.58. The average molecular weight is 628 g/mol. The number of benzene rings is 3. The number of aromatic nitrogens is 1. The minimum Gasteiger partial charge on any atom is -0.550 e. The summed E-state index contributed by atoms with van der Waals surface area (Å²) < 4.78 is 28.6. The Kier molecular flexibility index (Phi) is 11.5. The van der Waals surface area contributed by atoms with Gasteiger partial charge in [-0.05, 0) is 59.5 Å². The summed E-state index contributed by atoms with van der Waals surface area (Å²) in [6.07, 6.45) is 3.38. The molecule has 3 atom stereocenters. The van der Waals surface area contributed by atoms with E-state index < -0.39 is 29.7 Å². The molecular formula is C33H27NNa2O9. The Bertz CT molecular complexity index is 1710. The summed E-state index contributed by atoms with van der Waals surface area (Å²) in [5.41, 5.74) is 2.49. The number of carbonyl (C=O) groups is 2. The second-order valence-corrected chi connectivity index (χ2v) is 10.2. The van der Waals surface area contributed by atoms with Gasteiger partial charge < -0.3 is 43.5 Å². The van der Waals surface area contributed by atoms with Crippen molar-refractivity contribution in [3.05, 3.63) is 101 Å². The van der Waals surface area contributed by atoms with Crippen LogP contribution in [-0.4, -0.2) is 37.4 Å². The number of ether oxygens (including phenoxy) is 5. The van der Waals surface area contributed by atoms with Gasteiger partial charge in [-0.3, -0.25) is 4.98 Å². The van der Waals surface area contributed by atoms with Crippen molar-refractivity contribution >= 4 is 11.9 Å². The molecule has 45 heavy (non-hydrogen) atoms. The van der Waals surface area contributed by atoms with Crippen LogP contribution in [0.25, 0.3) is 0 Å². The third-order valence-electron chi connectivity index (χ3n) is 7.73. The predicted molar refractivity (Wildman–Crippen MR) is 149 cm³/mol. The number of pyridine rings is 1. The van der Waals surface area contributed by atoms with Crippen LogP contribution in [0.2, 0.25) is 0 Å². The second-order valence-electron chi connectivity index (χ2n) is 10.2. The zero-order valence-electron chi connectivity index (χ0n) is 25.4. The van der Waals surface area contributed by atoms with Gasteiger partial charge in [-0.15, -0.1) is 0 Å². The molecule has 0 saturated heterocycles. The standard InChI is InChI=1S/C33H29NO9.2Na/c1-3-12-40-20-6-7-21-24(14-20)30(31(33(37)38)29(21)18-4-9-25-27(13-18)42-17-41-25)22-8-5-19(39-2)15-26(22)43-28-16-34-11-10-23(28)32(35)36;;/h4-11,13-16,29-31H,3,12,17H2,1-2H3,(H,35,36)(H,37,38);;/q;2*+1/p-2. The van der Waals surface area contributed by atoms with Crippen molar-refractivity contribution in [2.24, 2.45) is 5.92 Å². The zero-order chi connectivity index (χ0) is 30.1. The van der Waals surface area contributed by atoms with Crippen LogP contribution in [0.15, 0.2) is 73.1 Å². The third kappa shape index (κ3) is 6.82. The van der Waals surface area contributed by atoms with E-state index in [1.807, 2.05) is 31.2 Å². The maximum Gasteiger partial charge on any atom is 1.00 e. The number of fused-ring (bicyclic) bond motifs is 2. The van der Waals surface area contributed by atoms with Crippen LogP contribution in [0.3, 0.4) is 0 Å². The Hall–Kier alpha value is -3.25. The molecule has 0 amide bonds. The van der Waals surface area contributed by atoms with Gasteiger partial charge in [0, 0.05) is 47.1 Å². The Morgan fingerprint density at radius 3 is 2.36 bits per heavy atom. The first-order valence-corrected chi connectivity index (χ1v) is 13.8. The first-order chi connectivity index (χ1) is 20.9. The fourth-order valence-electron chi connectivity index (χ4n) is 5.86. The molecule has 4 aromatic rings. The minimum atomic E-state index is -1.44. The number of carboxylic acid groups (broad SMARTS) is 2. The number of hydrogen-bond donors (Lipinski definition) is 0. The molecular weight excluding hydrogens is 600 g/mol. The van der Waals surface area contributed by atoms with Crippen molar-refractivity contribution in [2.45, 2.75) is 25.2 Å². The molecule has 0 saturated carbocycles. The number of nitrogens with zero attached hydrogens (tertiary/aromatic N) is 1. The molecule has 0 bridgehead atoms. The van der Waals surface area contributed by atoms with E-state index >= 15 is 0 Å². The molecule has 0 fully saturated rings. The van der Waals surface area contributed by atoms with Gasteiger partial charge in [0.2, 0.25) is 6.79 Å². The van der Waals surface area contributed by atoms with E-state index in [1.165, 1.54) is 25.6 Å². The van der Waals surface area contributed by atoms with Crippen molar-refractivity contribution in [3.8, 4) is 34.5 Å². The van der Waals surface area contributed by atoms with Crippen LogP contribution in [0, 0.1) is 5.92 Å². The summed E-state index contributed by atoms with van der Waals surface area (Å²) in [6, 6.07) is 17.2. The Morgan fingerprint density at radius 1 is 0.867 bits per heavy atom. The molecule has 3 unspecified atom stereocenters. The van der Waals surface area contributed by atoms with E-state index in [1.54, 1.807) is 30.3 Å². The summed E-state index contributed by atoms with van der Waals surface area (Å²) in [5, 5.41) is 24.9. The summed E-state index contributed by atoms with van der Waals surface area (Å²) in [5.74, 6) is -2.92. The van der Waals surface area contributed by atoms with Crippen molar-refractivity contribution < 1.29 is 103 Å². The molecule has 2 heterocycles. The number of carboxylic acids is 2. The maximum absolute atomic E-state index is 13.1. The van der Waals surface area contributed by atoms with Gasteiger partial charge in [0.05, 0.1) is 25.9 Å². The number of rotatable bonds is 10. The van der Waals surface area contributed by atoms with Crippen molar-refractivity contribution in [1.29, 1.82) is 0 Å². The molecule has 10 nitrogen and oxygen atoms in total. The Morgan fingerprint density at radius 2 is 1.62 bits per heavy atom. The van der Waals surface area contributed by atoms with Gasteiger partial charge in [-0.1, -0.05) is 25.1 Å². The Balaban J connectivity index is 0.00000230. The smallest absolute Gasteiger partial charge is 0.550 e. The largest absolute Gasteiger partial charge is 1.00 e. The van der Waals surface area contributed by atoms with Gasteiger partial charge in [-0.25, -0.2) is 0 Å². The van der Waals surface area contributed by atoms with E-state index in [-0.39, 0.29) is 83.0 Å². The van der Waals surface area contributed by atoms with E-state index in [0.29, 0.717) is 46.3 Å². The number of aromatic carboxylic acids is 1. The molecule has 220 valence electrons.